The number of hydrogen-bond acceptors (Lipinski definition) is 3. The van der Waals surface area contributed by atoms with Gasteiger partial charge in [0.25, 0.3) is 0 Å². The first kappa shape index (κ1) is 14.7. The van der Waals surface area contributed by atoms with E-state index in [0.29, 0.717) is 12.8 Å². The van der Waals surface area contributed by atoms with Crippen molar-refractivity contribution in [2.45, 2.75) is 39.7 Å². The molecule has 0 saturated heterocycles. The van der Waals surface area contributed by atoms with Crippen molar-refractivity contribution in [2.75, 3.05) is 0 Å². The van der Waals surface area contributed by atoms with Gasteiger partial charge in [0.2, 0.25) is 0 Å². The van der Waals surface area contributed by atoms with Crippen molar-refractivity contribution in [1.82, 2.24) is 4.98 Å². The highest BCUT2D eigenvalue weighted by Gasteiger charge is 2.23. The second-order valence-corrected chi connectivity index (χ2v) is 6.39. The number of rotatable bonds is 4. The summed E-state index contributed by atoms with van der Waals surface area (Å²) >= 11 is 0. The minimum Gasteiger partial charge on any atom is -0.327 e. The molecule has 1 aromatic carbocycles. The predicted octanol–water partition coefficient (Wildman–Crippen LogP) is 3.11. The number of carbonyl (C=O) groups excluding carboxylic acids is 1. The van der Waals surface area contributed by atoms with Gasteiger partial charge in [-0.2, -0.15) is 0 Å². The first-order valence-electron chi connectivity index (χ1n) is 6.98. The fourth-order valence-corrected chi connectivity index (χ4v) is 2.03. The van der Waals surface area contributed by atoms with Crippen molar-refractivity contribution in [2.24, 2.45) is 11.1 Å². The minimum absolute atomic E-state index is 0.0491. The largest absolute Gasteiger partial charge is 0.327 e. The zero-order valence-corrected chi connectivity index (χ0v) is 12.4. The first-order valence-corrected chi connectivity index (χ1v) is 6.98. The van der Waals surface area contributed by atoms with Crippen LogP contribution in [0.5, 0.6) is 0 Å². The molecule has 2 aromatic rings. The maximum atomic E-state index is 12.1. The Morgan fingerprint density at radius 2 is 1.90 bits per heavy atom. The molecular weight excluding hydrogens is 248 g/mol. The lowest BCUT2D eigenvalue weighted by Crippen LogP contribution is -2.37. The molecule has 0 aliphatic rings. The Morgan fingerprint density at radius 3 is 2.60 bits per heavy atom. The molecule has 1 unspecified atom stereocenters. The highest BCUT2D eigenvalue weighted by atomic mass is 16.1. The Balaban J connectivity index is 2.06. The van der Waals surface area contributed by atoms with Gasteiger partial charge in [-0.15, -0.1) is 0 Å². The average molecular weight is 270 g/mol. The number of benzene rings is 1. The normalized spacial score (nSPS) is 13.4. The van der Waals surface area contributed by atoms with Gasteiger partial charge in [-0.1, -0.05) is 45.0 Å². The van der Waals surface area contributed by atoms with Crippen molar-refractivity contribution in [3.63, 3.8) is 0 Å². The van der Waals surface area contributed by atoms with Crippen molar-refractivity contribution in [3.8, 4) is 0 Å². The molecule has 1 heterocycles. The van der Waals surface area contributed by atoms with Gasteiger partial charge in [0.15, 0.2) is 0 Å². The lowest BCUT2D eigenvalue weighted by Gasteiger charge is -2.26. The van der Waals surface area contributed by atoms with Gasteiger partial charge in [-0.25, -0.2) is 0 Å². The van der Waals surface area contributed by atoms with Crippen LogP contribution in [0.4, 0.5) is 0 Å². The van der Waals surface area contributed by atoms with Crippen LogP contribution in [0.15, 0.2) is 36.4 Å². The fraction of sp³-hybridized carbons (Fsp3) is 0.412. The third-order valence-electron chi connectivity index (χ3n) is 3.59. The maximum Gasteiger partial charge on any atom is 0.140 e. The van der Waals surface area contributed by atoms with Gasteiger partial charge in [0.05, 0.1) is 5.52 Å². The van der Waals surface area contributed by atoms with Crippen LogP contribution in [0.3, 0.4) is 0 Å². The van der Waals surface area contributed by atoms with Crippen LogP contribution >= 0.6 is 0 Å². The number of nitrogens with two attached hydrogens (primary N) is 1. The summed E-state index contributed by atoms with van der Waals surface area (Å²) in [7, 11) is 0. The SMILES string of the molecule is CC(C)(C)C(N)CC(=O)Cc1ccc2ccccc2n1. The molecule has 1 atom stereocenters. The van der Waals surface area contributed by atoms with E-state index >= 15 is 0 Å². The molecule has 0 bridgehead atoms. The second kappa shape index (κ2) is 5.71. The van der Waals surface area contributed by atoms with Gasteiger partial charge in [-0.3, -0.25) is 9.78 Å². The monoisotopic (exact) mass is 270 g/mol. The highest BCUT2D eigenvalue weighted by molar-refractivity contribution is 5.83. The summed E-state index contributed by atoms with van der Waals surface area (Å²) in [6.45, 7) is 6.16. The van der Waals surface area contributed by atoms with Crippen LogP contribution in [0.2, 0.25) is 0 Å². The van der Waals surface area contributed by atoms with Crippen molar-refractivity contribution in [3.05, 3.63) is 42.1 Å². The Bertz CT molecular complexity index is 614. The number of para-hydroxylation sites is 1. The predicted molar refractivity (Wildman–Crippen MR) is 82.5 cm³/mol. The number of hydrogen-bond donors (Lipinski definition) is 1. The Kier molecular flexibility index (Phi) is 4.19. The summed E-state index contributed by atoms with van der Waals surface area (Å²) in [4.78, 5) is 16.6. The summed E-state index contributed by atoms with van der Waals surface area (Å²) in [5, 5.41) is 1.09. The van der Waals surface area contributed by atoms with Gasteiger partial charge < -0.3 is 5.73 Å². The Morgan fingerprint density at radius 1 is 1.20 bits per heavy atom. The third kappa shape index (κ3) is 3.64. The molecule has 0 radical (unpaired) electrons. The van der Waals surface area contributed by atoms with E-state index in [-0.39, 0.29) is 17.2 Å². The molecule has 0 amide bonds. The molecule has 2 rings (SSSR count). The van der Waals surface area contributed by atoms with Crippen LogP contribution < -0.4 is 5.73 Å². The van der Waals surface area contributed by atoms with Crippen molar-refractivity contribution >= 4 is 16.7 Å². The lowest BCUT2D eigenvalue weighted by atomic mass is 9.84. The summed E-state index contributed by atoms with van der Waals surface area (Å²) in [6, 6.07) is 11.7. The van der Waals surface area contributed by atoms with E-state index in [2.05, 4.69) is 25.8 Å². The number of aromatic nitrogens is 1. The van der Waals surface area contributed by atoms with Gasteiger partial charge >= 0.3 is 0 Å². The summed E-state index contributed by atoms with van der Waals surface area (Å²) < 4.78 is 0. The number of nitrogens with zero attached hydrogens (tertiary/aromatic N) is 1. The van der Waals surface area contributed by atoms with Crippen LogP contribution in [0.1, 0.15) is 32.9 Å². The topological polar surface area (TPSA) is 56.0 Å². The van der Waals surface area contributed by atoms with Gasteiger partial charge in [0, 0.05) is 30.0 Å². The fourth-order valence-electron chi connectivity index (χ4n) is 2.03. The van der Waals surface area contributed by atoms with E-state index in [0.717, 1.165) is 16.6 Å². The molecule has 0 aliphatic carbocycles. The molecule has 0 fully saturated rings. The van der Waals surface area contributed by atoms with Crippen LogP contribution in [0.25, 0.3) is 10.9 Å². The zero-order chi connectivity index (χ0) is 14.8. The third-order valence-corrected chi connectivity index (χ3v) is 3.59. The molecule has 2 N–H and O–H groups in total. The molecular formula is C17H22N2O. The van der Waals surface area contributed by atoms with E-state index in [1.54, 1.807) is 0 Å². The molecule has 0 spiro atoms. The number of pyridine rings is 1. The second-order valence-electron chi connectivity index (χ2n) is 6.39. The molecule has 1 aromatic heterocycles. The number of carbonyl (C=O) groups is 1. The summed E-state index contributed by atoms with van der Waals surface area (Å²) in [5.74, 6) is 0.148. The van der Waals surface area contributed by atoms with Gasteiger partial charge in [-0.05, 0) is 17.5 Å². The van der Waals surface area contributed by atoms with Crippen LogP contribution in [0, 0.1) is 5.41 Å². The lowest BCUT2D eigenvalue weighted by molar-refractivity contribution is -0.119. The summed E-state index contributed by atoms with van der Waals surface area (Å²) in [6.07, 6.45) is 0.757. The van der Waals surface area contributed by atoms with E-state index in [4.69, 9.17) is 5.73 Å². The quantitative estimate of drug-likeness (QED) is 0.928. The molecule has 0 saturated carbocycles. The minimum atomic E-state index is -0.115. The van der Waals surface area contributed by atoms with Crippen LogP contribution in [-0.2, 0) is 11.2 Å². The van der Waals surface area contributed by atoms with E-state index in [1.807, 2.05) is 36.4 Å². The Labute approximate surface area is 120 Å². The number of ketones is 1. The number of fused-ring (bicyclic) bond motifs is 1. The molecule has 3 nitrogen and oxygen atoms in total. The van der Waals surface area contributed by atoms with Crippen molar-refractivity contribution < 1.29 is 4.79 Å². The maximum absolute atomic E-state index is 12.1. The smallest absolute Gasteiger partial charge is 0.140 e. The van der Waals surface area contributed by atoms with Crippen LogP contribution in [-0.4, -0.2) is 16.8 Å². The highest BCUT2D eigenvalue weighted by Crippen LogP contribution is 2.20. The van der Waals surface area contributed by atoms with E-state index in [9.17, 15) is 4.79 Å². The van der Waals surface area contributed by atoms with Crippen molar-refractivity contribution in [1.29, 1.82) is 0 Å². The molecule has 0 aliphatic heterocycles. The molecule has 20 heavy (non-hydrogen) atoms. The standard InChI is InChI=1S/C17H22N2O/c1-17(2,3)16(18)11-14(20)10-13-9-8-12-6-4-5-7-15(12)19-13/h4-9,16H,10-11,18H2,1-3H3. The van der Waals surface area contributed by atoms with E-state index < -0.39 is 0 Å². The van der Waals surface area contributed by atoms with Gasteiger partial charge in [0.1, 0.15) is 5.78 Å². The summed E-state index contributed by atoms with van der Waals surface area (Å²) in [5.41, 5.74) is 7.75. The number of Topliss-reactive ketones (excluding diaryl/α,β-unsaturated/α-hetero) is 1. The molecule has 106 valence electrons. The van der Waals surface area contributed by atoms with E-state index in [1.165, 1.54) is 0 Å². The average Bonchev–Trinajstić information content (AvgIpc) is 2.37. The molecule has 3 heteroatoms. The first-order chi connectivity index (χ1) is 9.36. The Hall–Kier alpha value is -1.74. The zero-order valence-electron chi connectivity index (χ0n) is 12.4.